The Balaban J connectivity index is 1.31. The van der Waals surface area contributed by atoms with Crippen LogP contribution >= 0.6 is 0 Å². The summed E-state index contributed by atoms with van der Waals surface area (Å²) in [7, 11) is 0. The van der Waals surface area contributed by atoms with Gasteiger partial charge in [0.15, 0.2) is 0 Å². The quantitative estimate of drug-likeness (QED) is 0.770. The zero-order valence-electron chi connectivity index (χ0n) is 15.8. The summed E-state index contributed by atoms with van der Waals surface area (Å²) in [6.45, 7) is 2.60. The molecule has 0 bridgehead atoms. The van der Waals surface area contributed by atoms with Crippen LogP contribution in [0.5, 0.6) is 5.75 Å². The van der Waals surface area contributed by atoms with E-state index in [4.69, 9.17) is 4.74 Å². The first-order valence-corrected chi connectivity index (χ1v) is 10.2. The van der Waals surface area contributed by atoms with Crippen LogP contribution in [0.2, 0.25) is 0 Å². The smallest absolute Gasteiger partial charge is 0.255 e. The van der Waals surface area contributed by atoms with Gasteiger partial charge in [0, 0.05) is 30.6 Å². The molecule has 1 spiro atoms. The summed E-state index contributed by atoms with van der Waals surface area (Å²) >= 11 is 0. The maximum atomic E-state index is 12.9. The number of amides is 3. The van der Waals surface area contributed by atoms with E-state index in [1.54, 1.807) is 11.0 Å². The molecule has 2 N–H and O–H groups in total. The number of imide groups is 1. The van der Waals surface area contributed by atoms with E-state index in [1.165, 1.54) is 12.8 Å². The highest BCUT2D eigenvalue weighted by Crippen LogP contribution is 2.41. The lowest BCUT2D eigenvalue weighted by molar-refractivity contribution is -0.136. The van der Waals surface area contributed by atoms with Crippen LogP contribution in [-0.2, 0) is 16.1 Å². The molecular weight excluding hydrogens is 358 g/mol. The number of fused-ring (bicyclic) bond motifs is 1. The first-order chi connectivity index (χ1) is 13.5. The predicted molar refractivity (Wildman–Crippen MR) is 101 cm³/mol. The monoisotopic (exact) mass is 383 g/mol. The molecule has 1 unspecified atom stereocenters. The second-order valence-electron chi connectivity index (χ2n) is 8.60. The van der Waals surface area contributed by atoms with Gasteiger partial charge in [-0.15, -0.1) is 0 Å². The number of ether oxygens (including phenoxy) is 1. The summed E-state index contributed by atoms with van der Waals surface area (Å²) in [5.41, 5.74) is 1.96. The molecule has 3 amide bonds. The molecule has 7 heteroatoms. The van der Waals surface area contributed by atoms with Crippen molar-refractivity contribution in [1.82, 2.24) is 15.5 Å². The molecule has 0 radical (unpaired) electrons. The van der Waals surface area contributed by atoms with Gasteiger partial charge >= 0.3 is 0 Å². The van der Waals surface area contributed by atoms with Crippen LogP contribution in [-0.4, -0.2) is 47.9 Å². The van der Waals surface area contributed by atoms with Crippen molar-refractivity contribution >= 4 is 17.7 Å². The predicted octanol–water partition coefficient (Wildman–Crippen LogP) is 1.36. The number of nitrogens with zero attached hydrogens (tertiary/aromatic N) is 1. The Hall–Kier alpha value is -2.41. The van der Waals surface area contributed by atoms with Gasteiger partial charge in [-0.05, 0) is 49.7 Å². The van der Waals surface area contributed by atoms with Crippen LogP contribution in [0, 0.1) is 5.41 Å². The van der Waals surface area contributed by atoms with Gasteiger partial charge in [-0.25, -0.2) is 0 Å². The number of rotatable bonds is 3. The second kappa shape index (κ2) is 6.58. The lowest BCUT2D eigenvalue weighted by Crippen LogP contribution is -2.55. The molecule has 5 rings (SSSR count). The van der Waals surface area contributed by atoms with Crippen molar-refractivity contribution in [3.05, 3.63) is 29.3 Å². The summed E-state index contributed by atoms with van der Waals surface area (Å²) in [4.78, 5) is 38.1. The van der Waals surface area contributed by atoms with Gasteiger partial charge in [0.1, 0.15) is 11.8 Å². The van der Waals surface area contributed by atoms with Crippen molar-refractivity contribution in [3.8, 4) is 5.75 Å². The minimum atomic E-state index is -0.592. The van der Waals surface area contributed by atoms with Crippen LogP contribution in [0.15, 0.2) is 18.2 Å². The normalized spacial score (nSPS) is 26.8. The minimum absolute atomic E-state index is 0.155. The lowest BCUT2D eigenvalue weighted by Gasteiger charge is -2.47. The van der Waals surface area contributed by atoms with E-state index in [1.807, 2.05) is 12.1 Å². The number of piperidine rings is 1. The average Bonchev–Trinajstić information content (AvgIpc) is 2.99. The fraction of sp³-hybridized carbons (Fsp3) is 0.571. The van der Waals surface area contributed by atoms with Crippen LogP contribution in [0.1, 0.15) is 54.4 Å². The van der Waals surface area contributed by atoms with Crippen molar-refractivity contribution < 1.29 is 19.1 Å². The SMILES string of the molecule is O=C1CCC(N2Cc3c(OC4CCC5(CC4)CNC5)cccc3C2=O)C(=O)N1. The first kappa shape index (κ1) is 17.7. The lowest BCUT2D eigenvalue weighted by atomic mass is 9.69. The fourth-order valence-electron chi connectivity index (χ4n) is 5.00. The van der Waals surface area contributed by atoms with E-state index in [0.717, 1.165) is 37.2 Å². The first-order valence-electron chi connectivity index (χ1n) is 10.2. The molecule has 1 saturated carbocycles. The van der Waals surface area contributed by atoms with Crippen molar-refractivity contribution in [2.75, 3.05) is 13.1 Å². The van der Waals surface area contributed by atoms with E-state index in [2.05, 4.69) is 10.6 Å². The molecule has 148 valence electrons. The molecule has 3 fully saturated rings. The minimum Gasteiger partial charge on any atom is -0.490 e. The molecule has 1 atom stereocenters. The zero-order valence-corrected chi connectivity index (χ0v) is 15.8. The summed E-state index contributed by atoms with van der Waals surface area (Å²) < 4.78 is 6.33. The molecule has 28 heavy (non-hydrogen) atoms. The highest BCUT2D eigenvalue weighted by atomic mass is 16.5. The van der Waals surface area contributed by atoms with Gasteiger partial charge in [0.05, 0.1) is 12.6 Å². The third kappa shape index (κ3) is 2.89. The molecule has 1 aromatic carbocycles. The molecule has 4 aliphatic rings. The molecule has 0 aromatic heterocycles. The van der Waals surface area contributed by atoms with E-state index in [9.17, 15) is 14.4 Å². The second-order valence-corrected chi connectivity index (χ2v) is 8.60. The fourth-order valence-corrected chi connectivity index (χ4v) is 5.00. The van der Waals surface area contributed by atoms with E-state index < -0.39 is 6.04 Å². The largest absolute Gasteiger partial charge is 0.490 e. The Kier molecular flexibility index (Phi) is 4.16. The highest BCUT2D eigenvalue weighted by Gasteiger charge is 2.42. The summed E-state index contributed by atoms with van der Waals surface area (Å²) in [5.74, 6) is -0.0517. The van der Waals surface area contributed by atoms with Gasteiger partial charge in [-0.2, -0.15) is 0 Å². The molecule has 3 aliphatic heterocycles. The van der Waals surface area contributed by atoms with Gasteiger partial charge in [0.2, 0.25) is 11.8 Å². The third-order valence-corrected chi connectivity index (χ3v) is 6.83. The Morgan fingerprint density at radius 3 is 2.54 bits per heavy atom. The summed E-state index contributed by atoms with van der Waals surface area (Å²) in [5, 5.41) is 5.72. The van der Waals surface area contributed by atoms with Crippen molar-refractivity contribution in [3.63, 3.8) is 0 Å². The van der Waals surface area contributed by atoms with Crippen LogP contribution in [0.25, 0.3) is 0 Å². The number of carbonyl (C=O) groups excluding carboxylic acids is 3. The number of hydrogen-bond donors (Lipinski definition) is 2. The highest BCUT2D eigenvalue weighted by molar-refractivity contribution is 6.05. The summed E-state index contributed by atoms with van der Waals surface area (Å²) in [6.07, 6.45) is 5.25. The Bertz CT molecular complexity index is 838. The zero-order chi connectivity index (χ0) is 19.3. The standard InChI is InChI=1S/C21H25N3O4/c25-18-5-4-16(19(26)23-18)24-10-15-14(20(24)27)2-1-3-17(15)28-13-6-8-21(9-7-13)11-22-12-21/h1-3,13,16,22H,4-12H2,(H,23,25,26). The van der Waals surface area contributed by atoms with Gasteiger partial charge in [0.25, 0.3) is 5.91 Å². The topological polar surface area (TPSA) is 87.7 Å². The van der Waals surface area contributed by atoms with Crippen molar-refractivity contribution in [2.45, 2.75) is 57.2 Å². The van der Waals surface area contributed by atoms with Gasteiger partial charge in [-0.3, -0.25) is 19.7 Å². The van der Waals surface area contributed by atoms with Crippen LogP contribution in [0.4, 0.5) is 0 Å². The molecule has 1 aliphatic carbocycles. The van der Waals surface area contributed by atoms with Crippen LogP contribution < -0.4 is 15.4 Å². The summed E-state index contributed by atoms with van der Waals surface area (Å²) in [6, 6.07) is 4.98. The molecule has 2 saturated heterocycles. The number of benzene rings is 1. The maximum Gasteiger partial charge on any atom is 0.255 e. The average molecular weight is 383 g/mol. The Labute approximate surface area is 163 Å². The Morgan fingerprint density at radius 1 is 1.07 bits per heavy atom. The van der Waals surface area contributed by atoms with E-state index in [0.29, 0.717) is 23.9 Å². The van der Waals surface area contributed by atoms with Gasteiger partial charge < -0.3 is 15.0 Å². The molecule has 1 aromatic rings. The van der Waals surface area contributed by atoms with Crippen LogP contribution in [0.3, 0.4) is 0 Å². The van der Waals surface area contributed by atoms with Crippen molar-refractivity contribution in [2.24, 2.45) is 5.41 Å². The molecular formula is C21H25N3O4. The van der Waals surface area contributed by atoms with Crippen molar-refractivity contribution in [1.29, 1.82) is 0 Å². The third-order valence-electron chi connectivity index (χ3n) is 6.83. The van der Waals surface area contributed by atoms with E-state index >= 15 is 0 Å². The number of carbonyl (C=O) groups is 3. The Morgan fingerprint density at radius 2 is 1.86 bits per heavy atom. The molecule has 7 nitrogen and oxygen atoms in total. The van der Waals surface area contributed by atoms with E-state index in [-0.39, 0.29) is 30.2 Å². The number of hydrogen-bond acceptors (Lipinski definition) is 5. The van der Waals surface area contributed by atoms with Gasteiger partial charge in [-0.1, -0.05) is 6.07 Å². The molecule has 3 heterocycles. The number of nitrogens with one attached hydrogen (secondary N) is 2. The maximum absolute atomic E-state index is 12.9.